The Balaban J connectivity index is 1.81. The number of carbonyl (C=O) groups is 3. The van der Waals surface area contributed by atoms with Gasteiger partial charge in [0.05, 0.1) is 19.6 Å². The molecule has 0 bridgehead atoms. The minimum Gasteiger partial charge on any atom is -0.496 e. The second-order valence-electron chi connectivity index (χ2n) is 5.68. The van der Waals surface area contributed by atoms with E-state index in [-0.39, 0.29) is 30.0 Å². The molecular weight excluding hydrogens is 326 g/mol. The van der Waals surface area contributed by atoms with E-state index in [9.17, 15) is 14.4 Å². The molecule has 2 rings (SSSR count). The highest BCUT2D eigenvalue weighted by Crippen LogP contribution is 2.20. The number of piperidine rings is 1. The molecular formula is C18H23NO6. The molecule has 0 unspecified atom stereocenters. The fourth-order valence-electron chi connectivity index (χ4n) is 2.73. The molecule has 1 saturated heterocycles. The Morgan fingerprint density at radius 2 is 1.80 bits per heavy atom. The van der Waals surface area contributed by atoms with Crippen molar-refractivity contribution in [3.8, 4) is 5.75 Å². The van der Waals surface area contributed by atoms with Gasteiger partial charge in [-0.1, -0.05) is 12.1 Å². The Bertz CT molecular complexity index is 622. The first-order valence-corrected chi connectivity index (χ1v) is 8.31. The quantitative estimate of drug-likeness (QED) is 0.727. The van der Waals surface area contributed by atoms with Gasteiger partial charge in [-0.25, -0.2) is 4.79 Å². The average molecular weight is 349 g/mol. The summed E-state index contributed by atoms with van der Waals surface area (Å²) in [6.45, 7) is 2.70. The van der Waals surface area contributed by atoms with Crippen LogP contribution in [0.15, 0.2) is 24.3 Å². The number of benzene rings is 1. The van der Waals surface area contributed by atoms with Crippen molar-refractivity contribution in [2.24, 2.45) is 5.92 Å². The van der Waals surface area contributed by atoms with Crippen LogP contribution in [0, 0.1) is 5.92 Å². The van der Waals surface area contributed by atoms with E-state index in [1.54, 1.807) is 36.1 Å². The van der Waals surface area contributed by atoms with Crippen molar-refractivity contribution in [2.45, 2.75) is 19.8 Å². The molecule has 7 nitrogen and oxygen atoms in total. The minimum atomic E-state index is -0.604. The van der Waals surface area contributed by atoms with E-state index in [4.69, 9.17) is 14.2 Å². The number of hydrogen-bond acceptors (Lipinski definition) is 6. The topological polar surface area (TPSA) is 82.1 Å². The molecule has 1 aliphatic rings. The lowest BCUT2D eigenvalue weighted by molar-refractivity contribution is -0.151. The summed E-state index contributed by atoms with van der Waals surface area (Å²) in [5.41, 5.74) is 0.277. The van der Waals surface area contributed by atoms with Crippen molar-refractivity contribution in [1.29, 1.82) is 0 Å². The molecule has 1 fully saturated rings. The zero-order chi connectivity index (χ0) is 18.2. The largest absolute Gasteiger partial charge is 0.496 e. The maximum Gasteiger partial charge on any atom is 0.342 e. The predicted molar refractivity (Wildman–Crippen MR) is 89.2 cm³/mol. The van der Waals surface area contributed by atoms with Gasteiger partial charge in [-0.05, 0) is 31.9 Å². The molecule has 0 radical (unpaired) electrons. The number of likely N-dealkylation sites (tertiary alicyclic amines) is 1. The van der Waals surface area contributed by atoms with Gasteiger partial charge in [0.2, 0.25) is 0 Å². The van der Waals surface area contributed by atoms with Gasteiger partial charge in [0.25, 0.3) is 5.91 Å². The van der Waals surface area contributed by atoms with Crippen molar-refractivity contribution >= 4 is 17.8 Å². The van der Waals surface area contributed by atoms with Crippen LogP contribution in [0.5, 0.6) is 5.75 Å². The van der Waals surface area contributed by atoms with Gasteiger partial charge in [0.15, 0.2) is 6.61 Å². The van der Waals surface area contributed by atoms with E-state index in [0.29, 0.717) is 38.3 Å². The maximum absolute atomic E-state index is 12.2. The number of esters is 2. The highest BCUT2D eigenvalue weighted by Gasteiger charge is 2.28. The number of nitrogens with zero attached hydrogens (tertiary/aromatic N) is 1. The number of ether oxygens (including phenoxy) is 3. The van der Waals surface area contributed by atoms with Crippen LogP contribution in [0.25, 0.3) is 0 Å². The van der Waals surface area contributed by atoms with Gasteiger partial charge in [0.1, 0.15) is 11.3 Å². The third kappa shape index (κ3) is 4.95. The van der Waals surface area contributed by atoms with Gasteiger partial charge in [-0.15, -0.1) is 0 Å². The molecule has 0 saturated carbocycles. The fraction of sp³-hybridized carbons (Fsp3) is 0.500. The molecule has 0 aliphatic carbocycles. The summed E-state index contributed by atoms with van der Waals surface area (Å²) in [7, 11) is 1.46. The Labute approximate surface area is 146 Å². The van der Waals surface area contributed by atoms with E-state index < -0.39 is 5.97 Å². The molecule has 136 valence electrons. The molecule has 7 heteroatoms. The normalized spacial score (nSPS) is 14.7. The Morgan fingerprint density at radius 1 is 1.12 bits per heavy atom. The lowest BCUT2D eigenvalue weighted by Crippen LogP contribution is -2.42. The van der Waals surface area contributed by atoms with Crippen LogP contribution >= 0.6 is 0 Å². The predicted octanol–water partition coefficient (Wildman–Crippen LogP) is 1.65. The molecule has 1 amide bonds. The molecule has 25 heavy (non-hydrogen) atoms. The summed E-state index contributed by atoms with van der Waals surface area (Å²) in [5, 5.41) is 0. The van der Waals surface area contributed by atoms with Crippen LogP contribution in [0.2, 0.25) is 0 Å². The molecule has 1 aliphatic heterocycles. The smallest absolute Gasteiger partial charge is 0.342 e. The van der Waals surface area contributed by atoms with Gasteiger partial charge in [-0.3, -0.25) is 9.59 Å². The molecule has 0 N–H and O–H groups in total. The number of rotatable bonds is 6. The molecule has 1 aromatic rings. The number of hydrogen-bond donors (Lipinski definition) is 0. The monoisotopic (exact) mass is 349 g/mol. The van der Waals surface area contributed by atoms with Crippen LogP contribution in [0.4, 0.5) is 0 Å². The summed E-state index contributed by atoms with van der Waals surface area (Å²) < 4.78 is 15.2. The van der Waals surface area contributed by atoms with Crippen LogP contribution in [-0.2, 0) is 19.1 Å². The molecule has 1 aromatic carbocycles. The van der Waals surface area contributed by atoms with E-state index in [1.165, 1.54) is 7.11 Å². The average Bonchev–Trinajstić information content (AvgIpc) is 2.66. The maximum atomic E-state index is 12.2. The lowest BCUT2D eigenvalue weighted by atomic mass is 9.97. The Hall–Kier alpha value is -2.57. The van der Waals surface area contributed by atoms with Crippen LogP contribution in [-0.4, -0.2) is 56.2 Å². The lowest BCUT2D eigenvalue weighted by Gasteiger charge is -2.30. The number of methoxy groups -OCH3 is 1. The van der Waals surface area contributed by atoms with Crippen molar-refractivity contribution in [1.82, 2.24) is 4.90 Å². The van der Waals surface area contributed by atoms with E-state index in [2.05, 4.69) is 0 Å². The first kappa shape index (κ1) is 18.8. The Morgan fingerprint density at radius 3 is 2.44 bits per heavy atom. The standard InChI is InChI=1S/C18H23NO6/c1-3-24-17(21)13-8-10-19(11-9-13)16(20)12-25-18(22)14-6-4-5-7-15(14)23-2/h4-7,13H,3,8-12H2,1-2H3. The summed E-state index contributed by atoms with van der Waals surface area (Å²) in [6.07, 6.45) is 1.12. The van der Waals surface area contributed by atoms with Crippen molar-refractivity contribution < 1.29 is 28.6 Å². The zero-order valence-corrected chi connectivity index (χ0v) is 14.5. The third-order valence-corrected chi connectivity index (χ3v) is 4.12. The first-order valence-electron chi connectivity index (χ1n) is 8.31. The van der Waals surface area contributed by atoms with Crippen molar-refractivity contribution in [3.63, 3.8) is 0 Å². The second-order valence-corrected chi connectivity index (χ2v) is 5.68. The zero-order valence-electron chi connectivity index (χ0n) is 14.5. The molecule has 0 spiro atoms. The van der Waals surface area contributed by atoms with Crippen LogP contribution in [0.3, 0.4) is 0 Å². The first-order chi connectivity index (χ1) is 12.1. The molecule has 1 heterocycles. The highest BCUT2D eigenvalue weighted by atomic mass is 16.5. The molecule has 0 atom stereocenters. The summed E-state index contributed by atoms with van der Waals surface area (Å²) in [6, 6.07) is 6.67. The number of para-hydroxylation sites is 1. The van der Waals surface area contributed by atoms with Crippen molar-refractivity contribution in [2.75, 3.05) is 33.4 Å². The third-order valence-electron chi connectivity index (χ3n) is 4.12. The fourth-order valence-corrected chi connectivity index (χ4v) is 2.73. The Kier molecular flexibility index (Phi) is 6.80. The summed E-state index contributed by atoms with van der Waals surface area (Å²) in [4.78, 5) is 37.6. The van der Waals surface area contributed by atoms with E-state index in [1.807, 2.05) is 0 Å². The van der Waals surface area contributed by atoms with E-state index >= 15 is 0 Å². The number of amides is 1. The van der Waals surface area contributed by atoms with Gasteiger partial charge < -0.3 is 19.1 Å². The summed E-state index contributed by atoms with van der Waals surface area (Å²) >= 11 is 0. The van der Waals surface area contributed by atoms with Gasteiger partial charge >= 0.3 is 11.9 Å². The van der Waals surface area contributed by atoms with Crippen molar-refractivity contribution in [3.05, 3.63) is 29.8 Å². The van der Waals surface area contributed by atoms with Gasteiger partial charge in [0, 0.05) is 13.1 Å². The van der Waals surface area contributed by atoms with Crippen LogP contribution in [0.1, 0.15) is 30.1 Å². The van der Waals surface area contributed by atoms with E-state index in [0.717, 1.165) is 0 Å². The minimum absolute atomic E-state index is 0.167. The number of carbonyl (C=O) groups excluding carboxylic acids is 3. The SMILES string of the molecule is CCOC(=O)C1CCN(C(=O)COC(=O)c2ccccc2OC)CC1. The summed E-state index contributed by atoms with van der Waals surface area (Å²) in [5.74, 6) is -0.856. The molecule has 0 aromatic heterocycles. The highest BCUT2D eigenvalue weighted by molar-refractivity contribution is 5.94. The van der Waals surface area contributed by atoms with Gasteiger partial charge in [-0.2, -0.15) is 0 Å². The second kappa shape index (κ2) is 9.05. The van der Waals surface area contributed by atoms with Crippen LogP contribution < -0.4 is 4.74 Å².